The number of morpholine rings is 1. The van der Waals surface area contributed by atoms with Crippen LogP contribution in [-0.2, 0) is 24.2 Å². The Morgan fingerprint density at radius 1 is 0.967 bits per heavy atom. The minimum absolute atomic E-state index is 0.382. The average molecular weight is 407 g/mol. The third kappa shape index (κ3) is 5.83. The number of rotatable bonds is 8. The van der Waals surface area contributed by atoms with Gasteiger partial charge in [-0.1, -0.05) is 54.6 Å². The molecule has 1 aliphatic carbocycles. The molecule has 4 rings (SSSR count). The molecule has 0 radical (unpaired) electrons. The molecule has 1 aliphatic heterocycles. The van der Waals surface area contributed by atoms with E-state index in [4.69, 9.17) is 4.74 Å². The lowest BCUT2D eigenvalue weighted by Gasteiger charge is -2.27. The maximum Gasteiger partial charge on any atom is 0.191 e. The summed E-state index contributed by atoms with van der Waals surface area (Å²) in [5.41, 5.74) is 4.52. The number of ether oxygens (including phenoxy) is 1. The fraction of sp³-hybridized carbons (Fsp3) is 0.480. The van der Waals surface area contributed by atoms with Gasteiger partial charge in [0.1, 0.15) is 0 Å². The smallest absolute Gasteiger partial charge is 0.191 e. The summed E-state index contributed by atoms with van der Waals surface area (Å²) < 4.78 is 5.48. The van der Waals surface area contributed by atoms with Crippen molar-refractivity contribution in [1.29, 1.82) is 0 Å². The van der Waals surface area contributed by atoms with Crippen LogP contribution >= 0.6 is 0 Å². The fourth-order valence-corrected chi connectivity index (χ4v) is 4.18. The van der Waals surface area contributed by atoms with Gasteiger partial charge in [0.2, 0.25) is 0 Å². The standard InChI is InChI=1S/C25H34N4O/c1-26-24(28-20-25(11-12-25)17-21-7-3-2-4-8-21)27-18-22-9-5-6-10-23(22)19-29-13-15-30-16-14-29/h2-10H,11-20H2,1H3,(H2,26,27,28). The molecule has 2 aromatic rings. The van der Waals surface area contributed by atoms with Gasteiger partial charge in [-0.05, 0) is 41.4 Å². The third-order valence-electron chi connectivity index (χ3n) is 6.30. The first-order valence-corrected chi connectivity index (χ1v) is 11.1. The van der Waals surface area contributed by atoms with Gasteiger partial charge < -0.3 is 15.4 Å². The van der Waals surface area contributed by atoms with E-state index in [1.807, 2.05) is 7.05 Å². The van der Waals surface area contributed by atoms with E-state index >= 15 is 0 Å². The van der Waals surface area contributed by atoms with E-state index in [1.165, 1.54) is 29.5 Å². The van der Waals surface area contributed by atoms with Gasteiger partial charge in [-0.15, -0.1) is 0 Å². The minimum atomic E-state index is 0.382. The van der Waals surface area contributed by atoms with Crippen LogP contribution in [0.5, 0.6) is 0 Å². The predicted molar refractivity (Wildman–Crippen MR) is 123 cm³/mol. The van der Waals surface area contributed by atoms with E-state index < -0.39 is 0 Å². The highest BCUT2D eigenvalue weighted by atomic mass is 16.5. The van der Waals surface area contributed by atoms with Crippen LogP contribution in [0.2, 0.25) is 0 Å². The Morgan fingerprint density at radius 2 is 1.67 bits per heavy atom. The molecule has 0 aromatic heterocycles. The summed E-state index contributed by atoms with van der Waals surface area (Å²) in [4.78, 5) is 6.92. The lowest BCUT2D eigenvalue weighted by Crippen LogP contribution is -2.40. The maximum atomic E-state index is 5.48. The van der Waals surface area contributed by atoms with Gasteiger partial charge in [0.25, 0.3) is 0 Å². The number of benzene rings is 2. The number of nitrogens with zero attached hydrogens (tertiary/aromatic N) is 2. The Bertz CT molecular complexity index is 826. The van der Waals surface area contributed by atoms with Crippen molar-refractivity contribution in [2.75, 3.05) is 39.9 Å². The molecule has 0 bridgehead atoms. The van der Waals surface area contributed by atoms with Gasteiger partial charge in [-0.3, -0.25) is 9.89 Å². The summed E-state index contributed by atoms with van der Waals surface area (Å²) in [6.45, 7) is 6.42. The van der Waals surface area contributed by atoms with E-state index in [2.05, 4.69) is 75.1 Å². The monoisotopic (exact) mass is 406 g/mol. The van der Waals surface area contributed by atoms with E-state index in [-0.39, 0.29) is 0 Å². The van der Waals surface area contributed by atoms with Crippen LogP contribution in [0.1, 0.15) is 29.5 Å². The second kappa shape index (κ2) is 10.1. The molecule has 2 aromatic carbocycles. The summed E-state index contributed by atoms with van der Waals surface area (Å²) in [6.07, 6.45) is 3.71. The van der Waals surface area contributed by atoms with Crippen LogP contribution in [0.15, 0.2) is 59.6 Å². The number of aliphatic imine (C=N–C) groups is 1. The number of hydrogen-bond donors (Lipinski definition) is 2. The van der Waals surface area contributed by atoms with E-state index in [1.54, 1.807) is 0 Å². The Hall–Kier alpha value is -2.37. The average Bonchev–Trinajstić information content (AvgIpc) is 3.55. The molecule has 2 N–H and O–H groups in total. The second-order valence-electron chi connectivity index (χ2n) is 8.60. The Labute approximate surface area is 180 Å². The number of guanidine groups is 1. The molecule has 0 atom stereocenters. The van der Waals surface area contributed by atoms with Gasteiger partial charge in [-0.25, -0.2) is 0 Å². The predicted octanol–water partition coefficient (Wildman–Crippen LogP) is 3.21. The molecular formula is C25H34N4O. The third-order valence-corrected chi connectivity index (χ3v) is 6.30. The van der Waals surface area contributed by atoms with Crippen molar-refractivity contribution in [2.24, 2.45) is 10.4 Å². The lowest BCUT2D eigenvalue weighted by atomic mass is 9.96. The van der Waals surface area contributed by atoms with E-state index in [0.29, 0.717) is 5.41 Å². The molecule has 2 fully saturated rings. The molecule has 160 valence electrons. The van der Waals surface area contributed by atoms with Crippen molar-refractivity contribution >= 4 is 5.96 Å². The maximum absolute atomic E-state index is 5.48. The first kappa shape index (κ1) is 20.9. The molecule has 0 amide bonds. The second-order valence-corrected chi connectivity index (χ2v) is 8.60. The summed E-state index contributed by atoms with van der Waals surface area (Å²) in [5, 5.41) is 7.10. The Morgan fingerprint density at radius 3 is 2.37 bits per heavy atom. The Balaban J connectivity index is 1.29. The zero-order valence-electron chi connectivity index (χ0n) is 18.1. The van der Waals surface area contributed by atoms with E-state index in [9.17, 15) is 0 Å². The van der Waals surface area contributed by atoms with E-state index in [0.717, 1.165) is 58.3 Å². The lowest BCUT2D eigenvalue weighted by molar-refractivity contribution is 0.0341. The van der Waals surface area contributed by atoms with Crippen molar-refractivity contribution in [1.82, 2.24) is 15.5 Å². The van der Waals surface area contributed by atoms with Crippen molar-refractivity contribution in [3.8, 4) is 0 Å². The highest BCUT2D eigenvalue weighted by molar-refractivity contribution is 5.79. The SMILES string of the molecule is CN=C(NCc1ccccc1CN1CCOCC1)NCC1(Cc2ccccc2)CC1. The van der Waals surface area contributed by atoms with Crippen LogP contribution in [0, 0.1) is 5.41 Å². The molecule has 0 unspecified atom stereocenters. The van der Waals surface area contributed by atoms with Crippen LogP contribution < -0.4 is 10.6 Å². The number of hydrogen-bond acceptors (Lipinski definition) is 3. The molecule has 0 spiro atoms. The van der Waals surface area contributed by atoms with Crippen LogP contribution in [0.4, 0.5) is 0 Å². The first-order chi connectivity index (χ1) is 14.8. The molecule has 5 heteroatoms. The van der Waals surface area contributed by atoms with Crippen molar-refractivity contribution in [3.63, 3.8) is 0 Å². The van der Waals surface area contributed by atoms with Gasteiger partial charge in [0.15, 0.2) is 5.96 Å². The zero-order valence-corrected chi connectivity index (χ0v) is 18.1. The molecular weight excluding hydrogens is 372 g/mol. The van der Waals surface area contributed by atoms with Crippen LogP contribution in [0.25, 0.3) is 0 Å². The summed E-state index contributed by atoms with van der Waals surface area (Å²) >= 11 is 0. The van der Waals surface area contributed by atoms with Crippen LogP contribution in [0.3, 0.4) is 0 Å². The van der Waals surface area contributed by atoms with Gasteiger partial charge in [0.05, 0.1) is 13.2 Å². The molecule has 5 nitrogen and oxygen atoms in total. The molecule has 1 heterocycles. The van der Waals surface area contributed by atoms with Gasteiger partial charge in [-0.2, -0.15) is 0 Å². The quantitative estimate of drug-likeness (QED) is 0.522. The highest BCUT2D eigenvalue weighted by Crippen LogP contribution is 2.47. The summed E-state index contributed by atoms with van der Waals surface area (Å²) in [6, 6.07) is 19.5. The van der Waals surface area contributed by atoms with Crippen molar-refractivity contribution < 1.29 is 4.74 Å². The minimum Gasteiger partial charge on any atom is -0.379 e. The molecule has 2 aliphatic rings. The summed E-state index contributed by atoms with van der Waals surface area (Å²) in [7, 11) is 1.85. The number of nitrogens with one attached hydrogen (secondary N) is 2. The first-order valence-electron chi connectivity index (χ1n) is 11.1. The van der Waals surface area contributed by atoms with Crippen molar-refractivity contribution in [2.45, 2.75) is 32.4 Å². The fourth-order valence-electron chi connectivity index (χ4n) is 4.18. The molecule has 1 saturated carbocycles. The van der Waals surface area contributed by atoms with Crippen molar-refractivity contribution in [3.05, 3.63) is 71.3 Å². The molecule has 30 heavy (non-hydrogen) atoms. The summed E-state index contributed by atoms with van der Waals surface area (Å²) in [5.74, 6) is 0.885. The van der Waals surface area contributed by atoms with Crippen LogP contribution in [-0.4, -0.2) is 50.8 Å². The van der Waals surface area contributed by atoms with Gasteiger partial charge >= 0.3 is 0 Å². The normalized spacial score (nSPS) is 18.8. The topological polar surface area (TPSA) is 48.9 Å². The van der Waals surface area contributed by atoms with Gasteiger partial charge in [0, 0.05) is 39.8 Å². The highest BCUT2D eigenvalue weighted by Gasteiger charge is 2.42. The molecule has 1 saturated heterocycles. The largest absolute Gasteiger partial charge is 0.379 e. The zero-order chi connectivity index (χ0) is 20.7. The Kier molecular flexibility index (Phi) is 7.03.